The molecule has 33 heavy (non-hydrogen) atoms. The summed E-state index contributed by atoms with van der Waals surface area (Å²) in [7, 11) is 1.56. The summed E-state index contributed by atoms with van der Waals surface area (Å²) in [6, 6.07) is 13.1. The molecule has 172 valence electrons. The molecule has 1 aliphatic rings. The van der Waals surface area contributed by atoms with E-state index in [0.717, 1.165) is 0 Å². The van der Waals surface area contributed by atoms with Crippen LogP contribution in [-0.2, 0) is 19.1 Å². The van der Waals surface area contributed by atoms with Gasteiger partial charge >= 0.3 is 17.9 Å². The molecule has 0 saturated heterocycles. The maximum atomic E-state index is 12.9. The number of aromatic carboxylic acids is 1. The van der Waals surface area contributed by atoms with Crippen molar-refractivity contribution in [2.24, 2.45) is 0 Å². The molecular weight excluding hydrogens is 426 g/mol. The van der Waals surface area contributed by atoms with Gasteiger partial charge in [0.1, 0.15) is 5.75 Å². The van der Waals surface area contributed by atoms with Crippen LogP contribution in [0.15, 0.2) is 72.1 Å². The van der Waals surface area contributed by atoms with Crippen LogP contribution in [0.4, 0.5) is 5.69 Å². The van der Waals surface area contributed by atoms with Crippen molar-refractivity contribution >= 4 is 23.6 Å². The second-order valence-electron chi connectivity index (χ2n) is 7.08. The van der Waals surface area contributed by atoms with E-state index < -0.39 is 23.8 Å². The third-order valence-electron chi connectivity index (χ3n) is 5.06. The average Bonchev–Trinajstić information content (AvgIpc) is 2.83. The average molecular weight is 451 g/mol. The van der Waals surface area contributed by atoms with Gasteiger partial charge in [0.2, 0.25) is 0 Å². The van der Waals surface area contributed by atoms with Gasteiger partial charge in [-0.2, -0.15) is 0 Å². The number of carboxylic acid groups (broad SMARTS) is 1. The van der Waals surface area contributed by atoms with Gasteiger partial charge in [-0.3, -0.25) is 0 Å². The summed E-state index contributed by atoms with van der Waals surface area (Å²) in [5.74, 6) is -2.37. The van der Waals surface area contributed by atoms with E-state index in [0.29, 0.717) is 17.0 Å². The first-order valence-electron chi connectivity index (χ1n) is 10.4. The van der Waals surface area contributed by atoms with Crippen LogP contribution in [0.2, 0.25) is 0 Å². The minimum Gasteiger partial charge on any atom is -0.497 e. The van der Waals surface area contributed by atoms with E-state index >= 15 is 0 Å². The number of hydrogen-bond acceptors (Lipinski definition) is 7. The fourth-order valence-corrected chi connectivity index (χ4v) is 3.50. The molecule has 0 amide bonds. The number of esters is 2. The molecule has 0 unspecified atom stereocenters. The highest BCUT2D eigenvalue weighted by molar-refractivity contribution is 6.00. The molecule has 3 rings (SSSR count). The molecule has 8 heteroatoms. The van der Waals surface area contributed by atoms with Gasteiger partial charge < -0.3 is 24.2 Å². The van der Waals surface area contributed by atoms with E-state index in [1.165, 1.54) is 12.1 Å². The van der Waals surface area contributed by atoms with Crippen LogP contribution in [0.1, 0.15) is 35.7 Å². The van der Waals surface area contributed by atoms with Gasteiger partial charge in [0, 0.05) is 18.1 Å². The Bertz CT molecular complexity index is 1050. The SMILES string of the molecule is CCOC(=O)C1=CN(c2ccc(OC)cc2)C=C(C(=O)OCC)C1c1ccc(C(=O)O)cc1. The van der Waals surface area contributed by atoms with Gasteiger partial charge in [0.05, 0.1) is 43.0 Å². The predicted molar refractivity (Wildman–Crippen MR) is 121 cm³/mol. The summed E-state index contributed by atoms with van der Waals surface area (Å²) in [5.41, 5.74) is 1.80. The molecule has 1 aliphatic heterocycles. The quantitative estimate of drug-likeness (QED) is 0.603. The predicted octanol–water partition coefficient (Wildman–Crippen LogP) is 3.89. The van der Waals surface area contributed by atoms with Gasteiger partial charge in [-0.1, -0.05) is 12.1 Å². The Morgan fingerprint density at radius 1 is 0.848 bits per heavy atom. The van der Waals surface area contributed by atoms with E-state index in [2.05, 4.69) is 0 Å². The summed E-state index contributed by atoms with van der Waals surface area (Å²) >= 11 is 0. The van der Waals surface area contributed by atoms with Crippen molar-refractivity contribution in [2.75, 3.05) is 25.2 Å². The number of benzene rings is 2. The zero-order valence-corrected chi connectivity index (χ0v) is 18.6. The standard InChI is InChI=1S/C25H25NO7/c1-4-32-24(29)20-14-26(18-10-12-19(31-3)13-11-18)15-21(25(30)33-5-2)22(20)16-6-8-17(9-7-16)23(27)28/h6-15,22H,4-5H2,1-3H3,(H,27,28). The molecule has 2 aromatic rings. The molecule has 0 atom stereocenters. The molecule has 0 radical (unpaired) electrons. The van der Waals surface area contributed by atoms with Crippen molar-refractivity contribution in [1.29, 1.82) is 0 Å². The van der Waals surface area contributed by atoms with Crippen molar-refractivity contribution < 1.29 is 33.7 Å². The van der Waals surface area contributed by atoms with E-state index in [4.69, 9.17) is 14.2 Å². The van der Waals surface area contributed by atoms with E-state index in [-0.39, 0.29) is 29.9 Å². The maximum Gasteiger partial charge on any atom is 0.336 e. The Labute approximate surface area is 191 Å². The van der Waals surface area contributed by atoms with Crippen LogP contribution >= 0.6 is 0 Å². The van der Waals surface area contributed by atoms with Crippen molar-refractivity contribution in [3.8, 4) is 5.75 Å². The number of methoxy groups -OCH3 is 1. The normalized spacial score (nSPS) is 13.6. The molecule has 0 fully saturated rings. The summed E-state index contributed by atoms with van der Waals surface area (Å²) in [6.45, 7) is 3.70. The lowest BCUT2D eigenvalue weighted by Crippen LogP contribution is -2.29. The molecule has 0 aromatic heterocycles. The molecule has 8 nitrogen and oxygen atoms in total. The summed E-state index contributed by atoms with van der Waals surface area (Å²) in [6.07, 6.45) is 3.22. The fourth-order valence-electron chi connectivity index (χ4n) is 3.50. The first-order valence-corrected chi connectivity index (χ1v) is 10.4. The number of carboxylic acids is 1. The molecule has 1 N–H and O–H groups in total. The Morgan fingerprint density at radius 2 is 1.36 bits per heavy atom. The first kappa shape index (κ1) is 23.6. The molecule has 0 saturated carbocycles. The number of hydrogen-bond donors (Lipinski definition) is 1. The second-order valence-corrected chi connectivity index (χ2v) is 7.08. The smallest absolute Gasteiger partial charge is 0.336 e. The number of rotatable bonds is 8. The fraction of sp³-hybridized carbons (Fsp3) is 0.240. The van der Waals surface area contributed by atoms with Crippen LogP contribution in [0, 0.1) is 0 Å². The Balaban J connectivity index is 2.14. The number of anilines is 1. The van der Waals surface area contributed by atoms with Crippen LogP contribution in [0.25, 0.3) is 0 Å². The van der Waals surface area contributed by atoms with Crippen LogP contribution in [0.3, 0.4) is 0 Å². The molecule has 0 spiro atoms. The molecular formula is C25H25NO7. The monoisotopic (exact) mass is 451 g/mol. The number of carbonyl (C=O) groups excluding carboxylic acids is 2. The third-order valence-corrected chi connectivity index (χ3v) is 5.06. The van der Waals surface area contributed by atoms with E-state index in [1.54, 1.807) is 74.7 Å². The summed E-state index contributed by atoms with van der Waals surface area (Å²) in [5, 5.41) is 9.22. The molecule has 0 bridgehead atoms. The molecule has 0 aliphatic carbocycles. The van der Waals surface area contributed by atoms with E-state index in [1.807, 2.05) is 0 Å². The van der Waals surface area contributed by atoms with Gasteiger partial charge in [-0.05, 0) is 55.8 Å². The number of nitrogens with zero attached hydrogens (tertiary/aromatic N) is 1. The minimum absolute atomic E-state index is 0.0951. The van der Waals surface area contributed by atoms with Gasteiger partial charge in [0.15, 0.2) is 0 Å². The lowest BCUT2D eigenvalue weighted by molar-refractivity contribution is -0.139. The first-order chi connectivity index (χ1) is 15.9. The largest absolute Gasteiger partial charge is 0.497 e. The van der Waals surface area contributed by atoms with Crippen molar-refractivity contribution in [3.63, 3.8) is 0 Å². The highest BCUT2D eigenvalue weighted by Gasteiger charge is 2.36. The number of ether oxygens (including phenoxy) is 3. The van der Waals surface area contributed by atoms with Crippen LogP contribution < -0.4 is 9.64 Å². The minimum atomic E-state index is -1.07. The van der Waals surface area contributed by atoms with Crippen molar-refractivity contribution in [1.82, 2.24) is 0 Å². The molecule has 2 aromatic carbocycles. The zero-order chi connectivity index (χ0) is 24.0. The van der Waals surface area contributed by atoms with Gasteiger partial charge in [0.25, 0.3) is 0 Å². The lowest BCUT2D eigenvalue weighted by atomic mass is 9.83. The zero-order valence-electron chi connectivity index (χ0n) is 18.6. The summed E-state index contributed by atoms with van der Waals surface area (Å²) in [4.78, 5) is 38.8. The summed E-state index contributed by atoms with van der Waals surface area (Å²) < 4.78 is 15.8. The van der Waals surface area contributed by atoms with Crippen molar-refractivity contribution in [2.45, 2.75) is 19.8 Å². The van der Waals surface area contributed by atoms with Crippen LogP contribution in [0.5, 0.6) is 5.75 Å². The van der Waals surface area contributed by atoms with Crippen molar-refractivity contribution in [3.05, 3.63) is 83.2 Å². The Kier molecular flexibility index (Phi) is 7.50. The van der Waals surface area contributed by atoms with E-state index in [9.17, 15) is 19.5 Å². The number of carbonyl (C=O) groups is 3. The highest BCUT2D eigenvalue weighted by Crippen LogP contribution is 2.39. The Hall–Kier alpha value is -4.07. The lowest BCUT2D eigenvalue weighted by Gasteiger charge is -2.30. The van der Waals surface area contributed by atoms with Gasteiger partial charge in [-0.25, -0.2) is 14.4 Å². The molecule has 1 heterocycles. The topological polar surface area (TPSA) is 102 Å². The Morgan fingerprint density at radius 3 is 1.79 bits per heavy atom. The second kappa shape index (κ2) is 10.5. The third kappa shape index (κ3) is 5.23. The highest BCUT2D eigenvalue weighted by atomic mass is 16.5. The maximum absolute atomic E-state index is 12.9. The van der Waals surface area contributed by atoms with Crippen LogP contribution in [-0.4, -0.2) is 43.3 Å². The van der Waals surface area contributed by atoms with Gasteiger partial charge in [-0.15, -0.1) is 0 Å².